The third-order valence-electron chi connectivity index (χ3n) is 3.44. The van der Waals surface area contributed by atoms with Crippen LogP contribution in [0.5, 0.6) is 0 Å². The van der Waals surface area contributed by atoms with Gasteiger partial charge in [-0.3, -0.25) is 9.10 Å². The molecule has 2 rings (SSSR count). The van der Waals surface area contributed by atoms with Crippen LogP contribution >= 0.6 is 0 Å². The monoisotopic (exact) mass is 318 g/mol. The molecule has 0 heterocycles. The van der Waals surface area contributed by atoms with Crippen LogP contribution in [0.1, 0.15) is 15.9 Å². The first-order valence-corrected chi connectivity index (χ1v) is 8.18. The lowest BCUT2D eigenvalue weighted by molar-refractivity contribution is 0.0963. The van der Waals surface area contributed by atoms with E-state index >= 15 is 0 Å². The number of hydrogen-bond donors (Lipinski definition) is 1. The van der Waals surface area contributed by atoms with Gasteiger partial charge in [-0.05, 0) is 36.8 Å². The summed E-state index contributed by atoms with van der Waals surface area (Å²) in [5, 5.41) is 2.53. The quantitative estimate of drug-likeness (QED) is 0.939. The molecule has 2 aromatic rings. The molecule has 116 valence electrons. The number of rotatable bonds is 4. The fourth-order valence-corrected chi connectivity index (χ4v) is 3.39. The van der Waals surface area contributed by atoms with Gasteiger partial charge in [-0.25, -0.2) is 8.42 Å². The molecule has 0 aliphatic carbocycles. The number of carbonyl (C=O) groups excluding carboxylic acids is 1. The van der Waals surface area contributed by atoms with Crippen LogP contribution in [0.25, 0.3) is 0 Å². The summed E-state index contributed by atoms with van der Waals surface area (Å²) < 4.78 is 26.5. The molecule has 0 saturated heterocycles. The maximum Gasteiger partial charge on any atom is 0.264 e. The van der Waals surface area contributed by atoms with Gasteiger partial charge in [0.15, 0.2) is 0 Å². The largest absolute Gasteiger partial charge is 0.355 e. The van der Waals surface area contributed by atoms with Gasteiger partial charge in [0, 0.05) is 19.7 Å². The fraction of sp³-hybridized carbons (Fsp3) is 0.188. The van der Waals surface area contributed by atoms with Gasteiger partial charge < -0.3 is 5.32 Å². The molecular weight excluding hydrogens is 300 g/mol. The van der Waals surface area contributed by atoms with Crippen molar-refractivity contribution < 1.29 is 13.2 Å². The second-order valence-electron chi connectivity index (χ2n) is 4.87. The SMILES string of the molecule is CNC(=O)c1ccc(C)c(N(C)S(=O)(=O)c2ccccc2)c1. The number of hydrogen-bond acceptors (Lipinski definition) is 3. The summed E-state index contributed by atoms with van der Waals surface area (Å²) in [7, 11) is -0.644. The topological polar surface area (TPSA) is 66.5 Å². The van der Waals surface area contributed by atoms with Gasteiger partial charge in [-0.1, -0.05) is 24.3 Å². The minimum absolute atomic E-state index is 0.210. The standard InChI is InChI=1S/C16H18N2O3S/c1-12-9-10-13(16(19)17-2)11-15(12)18(3)22(20,21)14-7-5-4-6-8-14/h4-11H,1-3H3,(H,17,19). The molecule has 0 radical (unpaired) electrons. The van der Waals surface area contributed by atoms with Crippen molar-refractivity contribution >= 4 is 21.6 Å². The van der Waals surface area contributed by atoms with Crippen molar-refractivity contribution in [3.8, 4) is 0 Å². The Morgan fingerprint density at radius 3 is 2.32 bits per heavy atom. The van der Waals surface area contributed by atoms with E-state index in [1.807, 2.05) is 0 Å². The summed E-state index contributed by atoms with van der Waals surface area (Å²) >= 11 is 0. The summed E-state index contributed by atoms with van der Waals surface area (Å²) in [4.78, 5) is 12.0. The average molecular weight is 318 g/mol. The number of aryl methyl sites for hydroxylation is 1. The number of benzene rings is 2. The molecule has 0 aliphatic heterocycles. The highest BCUT2D eigenvalue weighted by Gasteiger charge is 2.22. The molecule has 0 spiro atoms. The number of sulfonamides is 1. The zero-order chi connectivity index (χ0) is 16.3. The summed E-state index contributed by atoms with van der Waals surface area (Å²) in [5.41, 5.74) is 1.66. The Labute approximate surface area is 130 Å². The summed E-state index contributed by atoms with van der Waals surface area (Å²) in [5.74, 6) is -0.258. The Balaban J connectivity index is 2.49. The minimum Gasteiger partial charge on any atom is -0.355 e. The maximum atomic E-state index is 12.7. The van der Waals surface area contributed by atoms with E-state index in [0.717, 1.165) is 5.56 Å². The van der Waals surface area contributed by atoms with Crippen molar-refractivity contribution in [3.63, 3.8) is 0 Å². The van der Waals surface area contributed by atoms with Crippen LogP contribution in [0.4, 0.5) is 5.69 Å². The predicted molar refractivity (Wildman–Crippen MR) is 86.6 cm³/mol. The molecule has 0 unspecified atom stereocenters. The summed E-state index contributed by atoms with van der Waals surface area (Å²) in [6, 6.07) is 13.2. The first kappa shape index (κ1) is 16.0. The number of amides is 1. The molecule has 0 aromatic heterocycles. The Kier molecular flexibility index (Phi) is 4.51. The highest BCUT2D eigenvalue weighted by molar-refractivity contribution is 7.92. The van der Waals surface area contributed by atoms with E-state index in [9.17, 15) is 13.2 Å². The number of nitrogens with zero attached hydrogens (tertiary/aromatic N) is 1. The lowest BCUT2D eigenvalue weighted by atomic mass is 10.1. The summed E-state index contributed by atoms with van der Waals surface area (Å²) in [6.45, 7) is 1.81. The third kappa shape index (κ3) is 2.96. The molecule has 1 N–H and O–H groups in total. The molecule has 1 amide bonds. The number of anilines is 1. The smallest absolute Gasteiger partial charge is 0.264 e. The van der Waals surface area contributed by atoms with Crippen LogP contribution in [0.15, 0.2) is 53.4 Å². The number of nitrogens with one attached hydrogen (secondary N) is 1. The van der Waals surface area contributed by atoms with E-state index in [1.165, 1.54) is 18.4 Å². The molecule has 0 atom stereocenters. The van der Waals surface area contributed by atoms with Gasteiger partial charge in [0.05, 0.1) is 10.6 Å². The van der Waals surface area contributed by atoms with E-state index in [0.29, 0.717) is 11.3 Å². The second kappa shape index (κ2) is 6.19. The van der Waals surface area contributed by atoms with Gasteiger partial charge >= 0.3 is 0 Å². The summed E-state index contributed by atoms with van der Waals surface area (Å²) in [6.07, 6.45) is 0. The Morgan fingerprint density at radius 1 is 1.09 bits per heavy atom. The van der Waals surface area contributed by atoms with E-state index in [1.54, 1.807) is 55.5 Å². The van der Waals surface area contributed by atoms with Gasteiger partial charge in [-0.15, -0.1) is 0 Å². The molecule has 5 nitrogen and oxygen atoms in total. The molecule has 2 aromatic carbocycles. The van der Waals surface area contributed by atoms with Crippen molar-refractivity contribution in [3.05, 3.63) is 59.7 Å². The molecule has 0 bridgehead atoms. The van der Waals surface area contributed by atoms with E-state index < -0.39 is 10.0 Å². The van der Waals surface area contributed by atoms with Gasteiger partial charge in [0.1, 0.15) is 0 Å². The zero-order valence-corrected chi connectivity index (χ0v) is 13.5. The van der Waals surface area contributed by atoms with Crippen molar-refractivity contribution in [1.29, 1.82) is 0 Å². The van der Waals surface area contributed by atoms with Crippen molar-refractivity contribution in [2.75, 3.05) is 18.4 Å². The molecule has 22 heavy (non-hydrogen) atoms. The highest BCUT2D eigenvalue weighted by Crippen LogP contribution is 2.26. The Hall–Kier alpha value is -2.34. The second-order valence-corrected chi connectivity index (χ2v) is 6.84. The first-order valence-electron chi connectivity index (χ1n) is 6.74. The average Bonchev–Trinajstić information content (AvgIpc) is 2.54. The fourth-order valence-electron chi connectivity index (χ4n) is 2.11. The maximum absolute atomic E-state index is 12.7. The van der Waals surface area contributed by atoms with Crippen molar-refractivity contribution in [2.24, 2.45) is 0 Å². The van der Waals surface area contributed by atoms with E-state index in [2.05, 4.69) is 5.32 Å². The van der Waals surface area contributed by atoms with Crippen molar-refractivity contribution in [1.82, 2.24) is 5.32 Å². The van der Waals surface area contributed by atoms with Gasteiger partial charge in [-0.2, -0.15) is 0 Å². The van der Waals surface area contributed by atoms with Crippen LogP contribution in [0.2, 0.25) is 0 Å². The van der Waals surface area contributed by atoms with Crippen LogP contribution in [0, 0.1) is 6.92 Å². The molecule has 6 heteroatoms. The van der Waals surface area contributed by atoms with Crippen LogP contribution in [0.3, 0.4) is 0 Å². The van der Waals surface area contributed by atoms with E-state index in [-0.39, 0.29) is 10.8 Å². The number of carbonyl (C=O) groups is 1. The third-order valence-corrected chi connectivity index (χ3v) is 5.22. The molecule has 0 saturated carbocycles. The highest BCUT2D eigenvalue weighted by atomic mass is 32.2. The van der Waals surface area contributed by atoms with Crippen molar-refractivity contribution in [2.45, 2.75) is 11.8 Å². The normalized spacial score (nSPS) is 11.0. The molecular formula is C16H18N2O3S. The van der Waals surface area contributed by atoms with Gasteiger partial charge in [0.2, 0.25) is 0 Å². The first-order chi connectivity index (χ1) is 10.4. The zero-order valence-electron chi connectivity index (χ0n) is 12.7. The molecule has 0 aliphatic rings. The minimum atomic E-state index is -3.66. The van der Waals surface area contributed by atoms with E-state index in [4.69, 9.17) is 0 Å². The predicted octanol–water partition coefficient (Wildman–Crippen LogP) is 2.18. The van der Waals surface area contributed by atoms with Gasteiger partial charge in [0.25, 0.3) is 15.9 Å². The Bertz CT molecular complexity index is 786. The lowest BCUT2D eigenvalue weighted by Crippen LogP contribution is -2.28. The van der Waals surface area contributed by atoms with Crippen LogP contribution in [-0.2, 0) is 10.0 Å². The van der Waals surface area contributed by atoms with Crippen LogP contribution < -0.4 is 9.62 Å². The Morgan fingerprint density at radius 2 is 1.73 bits per heavy atom. The molecule has 0 fully saturated rings. The lowest BCUT2D eigenvalue weighted by Gasteiger charge is -2.22. The van der Waals surface area contributed by atoms with Crippen LogP contribution in [-0.4, -0.2) is 28.4 Å².